The molecule has 24 heavy (non-hydrogen) atoms. The number of aliphatic imine (C=N–C) groups is 1. The van der Waals surface area contributed by atoms with Crippen molar-refractivity contribution in [3.8, 4) is 0 Å². The van der Waals surface area contributed by atoms with Gasteiger partial charge in [0.15, 0.2) is 5.96 Å². The zero-order valence-electron chi connectivity index (χ0n) is 14.5. The molecule has 1 unspecified atom stereocenters. The molecule has 0 aromatic heterocycles. The normalized spacial score (nSPS) is 14.9. The maximum absolute atomic E-state index is 11.4. The minimum Gasteiger partial charge on any atom is -0.384 e. The first-order valence-electron chi connectivity index (χ1n) is 8.08. The van der Waals surface area contributed by atoms with E-state index in [1.54, 1.807) is 13.8 Å². The molecule has 4 N–H and O–H groups in total. The quantitative estimate of drug-likeness (QED) is 0.291. The lowest BCUT2D eigenvalue weighted by atomic mass is 9.96. The molecule has 0 saturated heterocycles. The van der Waals surface area contributed by atoms with E-state index >= 15 is 0 Å². The number of sulfonamides is 1. The van der Waals surface area contributed by atoms with Gasteiger partial charge in [-0.3, -0.25) is 0 Å². The summed E-state index contributed by atoms with van der Waals surface area (Å²) < 4.78 is 25.2. The smallest absolute Gasteiger partial charge is 0.211 e. The number of nitrogens with zero attached hydrogens (tertiary/aromatic N) is 1. The van der Waals surface area contributed by atoms with Crippen molar-refractivity contribution in [2.75, 3.05) is 31.9 Å². The Kier molecular flexibility index (Phi) is 8.17. The van der Waals surface area contributed by atoms with E-state index in [0.29, 0.717) is 19.0 Å². The third kappa shape index (κ3) is 7.29. The molecule has 1 atom stereocenters. The minimum absolute atomic E-state index is 0.0566. The molecule has 7 nitrogen and oxygen atoms in total. The Labute approximate surface area is 144 Å². The summed E-state index contributed by atoms with van der Waals surface area (Å²) in [6.45, 7) is 6.77. The van der Waals surface area contributed by atoms with Crippen LogP contribution in [0.1, 0.15) is 26.3 Å². The van der Waals surface area contributed by atoms with Crippen molar-refractivity contribution in [1.82, 2.24) is 15.4 Å². The number of nitrogens with one attached hydrogen (secondary N) is 3. The molecule has 8 heteroatoms. The molecule has 1 rings (SSSR count). The molecule has 1 aromatic carbocycles. The zero-order valence-corrected chi connectivity index (χ0v) is 15.4. The number of hydrogen-bond donors (Lipinski definition) is 4. The lowest BCUT2D eigenvalue weighted by molar-refractivity contribution is 0.0672. The molecule has 0 aliphatic heterocycles. The van der Waals surface area contributed by atoms with Crippen LogP contribution in [0.4, 0.5) is 0 Å². The van der Waals surface area contributed by atoms with Crippen LogP contribution in [-0.4, -0.2) is 51.4 Å². The van der Waals surface area contributed by atoms with Crippen LogP contribution >= 0.6 is 0 Å². The lowest BCUT2D eigenvalue weighted by Gasteiger charge is -2.22. The molecule has 0 saturated carbocycles. The molecular weight excluding hydrogens is 328 g/mol. The summed E-state index contributed by atoms with van der Waals surface area (Å²) in [5, 5.41) is 16.7. The first-order valence-corrected chi connectivity index (χ1v) is 9.73. The minimum atomic E-state index is -3.19. The van der Waals surface area contributed by atoms with Gasteiger partial charge in [0.2, 0.25) is 10.0 Å². The predicted octanol–water partition coefficient (Wildman–Crippen LogP) is 0.389. The highest BCUT2D eigenvalue weighted by Gasteiger charge is 2.22. The third-order valence-electron chi connectivity index (χ3n) is 3.40. The summed E-state index contributed by atoms with van der Waals surface area (Å²) >= 11 is 0. The fraction of sp³-hybridized carbons (Fsp3) is 0.562. The molecule has 0 spiro atoms. The number of hydrogen-bond acceptors (Lipinski definition) is 4. The van der Waals surface area contributed by atoms with E-state index in [9.17, 15) is 13.5 Å². The van der Waals surface area contributed by atoms with Crippen molar-refractivity contribution in [3.05, 3.63) is 35.9 Å². The first kappa shape index (κ1) is 20.4. The number of guanidine groups is 1. The van der Waals surface area contributed by atoms with Crippen LogP contribution in [0.5, 0.6) is 0 Å². The number of aliphatic hydroxyl groups is 1. The maximum Gasteiger partial charge on any atom is 0.211 e. The molecule has 0 radical (unpaired) electrons. The Morgan fingerprint density at radius 3 is 2.42 bits per heavy atom. The van der Waals surface area contributed by atoms with Crippen molar-refractivity contribution in [1.29, 1.82) is 0 Å². The van der Waals surface area contributed by atoms with E-state index in [0.717, 1.165) is 5.56 Å². The van der Waals surface area contributed by atoms with E-state index in [4.69, 9.17) is 0 Å². The van der Waals surface area contributed by atoms with Gasteiger partial charge in [-0.25, -0.2) is 18.1 Å². The second-order valence-corrected chi connectivity index (χ2v) is 7.66. The van der Waals surface area contributed by atoms with Crippen molar-refractivity contribution in [2.45, 2.75) is 26.4 Å². The second kappa shape index (κ2) is 9.61. The van der Waals surface area contributed by atoms with Gasteiger partial charge < -0.3 is 15.7 Å². The topological polar surface area (TPSA) is 103 Å². The van der Waals surface area contributed by atoms with Gasteiger partial charge in [0.05, 0.1) is 12.3 Å². The van der Waals surface area contributed by atoms with Crippen LogP contribution in [0.25, 0.3) is 0 Å². The van der Waals surface area contributed by atoms with Crippen LogP contribution in [0.15, 0.2) is 35.3 Å². The van der Waals surface area contributed by atoms with Crippen molar-refractivity contribution < 1.29 is 13.5 Å². The summed E-state index contributed by atoms with van der Waals surface area (Å²) in [5.74, 6) is 0.589. The summed E-state index contributed by atoms with van der Waals surface area (Å²) in [5.41, 5.74) is -0.284. The lowest BCUT2D eigenvalue weighted by Crippen LogP contribution is -2.42. The summed E-state index contributed by atoms with van der Waals surface area (Å²) in [6, 6.07) is 9.35. The number of rotatable bonds is 9. The molecule has 0 heterocycles. The molecule has 136 valence electrons. The SMILES string of the molecule is CCNC(=NCC(C)(O)c1ccccc1)NCCNS(=O)(=O)CC. The van der Waals surface area contributed by atoms with Gasteiger partial charge in [0.1, 0.15) is 5.60 Å². The monoisotopic (exact) mass is 356 g/mol. The molecule has 1 aromatic rings. The van der Waals surface area contributed by atoms with Gasteiger partial charge in [-0.2, -0.15) is 0 Å². The fourth-order valence-corrected chi connectivity index (χ4v) is 2.57. The third-order valence-corrected chi connectivity index (χ3v) is 4.81. The van der Waals surface area contributed by atoms with Crippen LogP contribution in [0.2, 0.25) is 0 Å². The van der Waals surface area contributed by atoms with Crippen LogP contribution in [-0.2, 0) is 15.6 Å². The molecule has 0 fully saturated rings. The van der Waals surface area contributed by atoms with Crippen LogP contribution in [0.3, 0.4) is 0 Å². The van der Waals surface area contributed by atoms with E-state index in [1.165, 1.54) is 0 Å². The highest BCUT2D eigenvalue weighted by atomic mass is 32.2. The predicted molar refractivity (Wildman–Crippen MR) is 97.5 cm³/mol. The average molecular weight is 356 g/mol. The summed E-state index contributed by atoms with van der Waals surface area (Å²) in [7, 11) is -3.19. The standard InChI is InChI=1S/C16H28N4O3S/c1-4-17-15(18-11-12-20-24(22,23)5-2)19-13-16(3,21)14-9-7-6-8-10-14/h6-10,20-21H,4-5,11-13H2,1-3H3,(H2,17,18,19). The molecule has 0 bridgehead atoms. The van der Waals surface area contributed by atoms with Crippen molar-refractivity contribution in [2.24, 2.45) is 4.99 Å². The Morgan fingerprint density at radius 2 is 1.83 bits per heavy atom. The highest BCUT2D eigenvalue weighted by Crippen LogP contribution is 2.20. The van der Waals surface area contributed by atoms with E-state index < -0.39 is 15.6 Å². The van der Waals surface area contributed by atoms with E-state index in [-0.39, 0.29) is 18.8 Å². The average Bonchev–Trinajstić information content (AvgIpc) is 2.57. The molecule has 0 aliphatic carbocycles. The Morgan fingerprint density at radius 1 is 1.17 bits per heavy atom. The Balaban J connectivity index is 2.59. The van der Waals surface area contributed by atoms with Gasteiger partial charge in [0, 0.05) is 19.6 Å². The first-order chi connectivity index (χ1) is 11.3. The van der Waals surface area contributed by atoms with Crippen molar-refractivity contribution in [3.63, 3.8) is 0 Å². The fourth-order valence-electron chi connectivity index (χ4n) is 1.95. The molecule has 0 amide bonds. The maximum atomic E-state index is 11.4. The highest BCUT2D eigenvalue weighted by molar-refractivity contribution is 7.89. The summed E-state index contributed by atoms with van der Waals surface area (Å²) in [4.78, 5) is 4.38. The van der Waals surface area contributed by atoms with E-state index in [1.807, 2.05) is 37.3 Å². The van der Waals surface area contributed by atoms with Gasteiger partial charge >= 0.3 is 0 Å². The van der Waals surface area contributed by atoms with E-state index in [2.05, 4.69) is 20.3 Å². The van der Waals surface area contributed by atoms with Crippen LogP contribution < -0.4 is 15.4 Å². The zero-order chi connectivity index (χ0) is 18.1. The second-order valence-electron chi connectivity index (χ2n) is 5.56. The number of benzene rings is 1. The van der Waals surface area contributed by atoms with Crippen LogP contribution in [0, 0.1) is 0 Å². The van der Waals surface area contributed by atoms with Gasteiger partial charge in [-0.15, -0.1) is 0 Å². The Hall–Kier alpha value is -1.64. The van der Waals surface area contributed by atoms with Crippen molar-refractivity contribution >= 4 is 16.0 Å². The summed E-state index contributed by atoms with van der Waals surface area (Å²) in [6.07, 6.45) is 0. The van der Waals surface area contributed by atoms with Gasteiger partial charge in [-0.05, 0) is 26.3 Å². The van der Waals surface area contributed by atoms with Gasteiger partial charge in [0.25, 0.3) is 0 Å². The molecular formula is C16H28N4O3S. The largest absolute Gasteiger partial charge is 0.384 e. The Bertz CT molecular complexity index is 615. The van der Waals surface area contributed by atoms with Gasteiger partial charge in [-0.1, -0.05) is 30.3 Å². The molecule has 0 aliphatic rings.